The number of benzene rings is 2. The first-order valence-electron chi connectivity index (χ1n) is 9.16. The highest BCUT2D eigenvalue weighted by Crippen LogP contribution is 2.22. The summed E-state index contributed by atoms with van der Waals surface area (Å²) < 4.78 is 0. The summed E-state index contributed by atoms with van der Waals surface area (Å²) in [4.78, 5) is 39.8. The van der Waals surface area contributed by atoms with Gasteiger partial charge in [0.25, 0.3) is 5.91 Å². The van der Waals surface area contributed by atoms with E-state index >= 15 is 0 Å². The molecule has 1 aromatic heterocycles. The monoisotopic (exact) mass is 474 g/mol. The Morgan fingerprint density at radius 2 is 1.68 bits per heavy atom. The Balaban J connectivity index is 1.43. The number of amides is 3. The van der Waals surface area contributed by atoms with Crippen LogP contribution in [0.4, 0.5) is 16.5 Å². The number of carbonyl (C=O) groups is 3. The lowest BCUT2D eigenvalue weighted by atomic mass is 10.2. The fraction of sp³-hybridized carbons (Fsp3) is 0.143. The number of hydrogen-bond donors (Lipinski definition) is 3. The SMILES string of the molecule is CC(=O)Nc1ccc(NC(=O)CSCc2csc(NC(=O)c3ccccc3Cl)n2)cc1. The molecular formula is C21H19ClN4O3S2. The fourth-order valence-corrected chi connectivity index (χ4v) is 4.28. The van der Waals surface area contributed by atoms with Gasteiger partial charge in [0.2, 0.25) is 11.8 Å². The number of hydrogen-bond acceptors (Lipinski definition) is 6. The summed E-state index contributed by atoms with van der Waals surface area (Å²) in [5.41, 5.74) is 2.48. The minimum absolute atomic E-state index is 0.139. The molecule has 0 atom stereocenters. The van der Waals surface area contributed by atoms with Crippen molar-refractivity contribution < 1.29 is 14.4 Å². The number of aromatic nitrogens is 1. The van der Waals surface area contributed by atoms with Crippen LogP contribution in [-0.2, 0) is 15.3 Å². The molecule has 0 radical (unpaired) electrons. The Bertz CT molecular complexity index is 1090. The number of thioether (sulfide) groups is 1. The summed E-state index contributed by atoms with van der Waals surface area (Å²) in [5, 5.41) is 10.9. The van der Waals surface area contributed by atoms with Crippen LogP contribution in [0.25, 0.3) is 0 Å². The number of nitrogens with zero attached hydrogens (tertiary/aromatic N) is 1. The molecule has 3 aromatic rings. The highest BCUT2D eigenvalue weighted by molar-refractivity contribution is 7.99. The molecule has 0 aliphatic carbocycles. The maximum atomic E-state index is 12.3. The van der Waals surface area contributed by atoms with E-state index in [1.165, 1.54) is 30.0 Å². The van der Waals surface area contributed by atoms with Crippen LogP contribution < -0.4 is 16.0 Å². The van der Waals surface area contributed by atoms with Crippen molar-refractivity contribution in [2.45, 2.75) is 12.7 Å². The van der Waals surface area contributed by atoms with Crippen LogP contribution in [-0.4, -0.2) is 28.5 Å². The van der Waals surface area contributed by atoms with E-state index in [1.54, 1.807) is 48.5 Å². The summed E-state index contributed by atoms with van der Waals surface area (Å²) in [6.45, 7) is 1.44. The van der Waals surface area contributed by atoms with E-state index < -0.39 is 0 Å². The number of carbonyl (C=O) groups excluding carboxylic acids is 3. The smallest absolute Gasteiger partial charge is 0.258 e. The molecule has 0 unspecified atom stereocenters. The molecule has 3 N–H and O–H groups in total. The van der Waals surface area contributed by atoms with E-state index in [2.05, 4.69) is 20.9 Å². The van der Waals surface area contributed by atoms with Crippen molar-refractivity contribution in [2.75, 3.05) is 21.7 Å². The van der Waals surface area contributed by atoms with Crippen molar-refractivity contribution in [2.24, 2.45) is 0 Å². The number of halogens is 1. The number of thiazole rings is 1. The topological polar surface area (TPSA) is 100 Å². The Kier molecular flexibility index (Phi) is 8.05. The van der Waals surface area contributed by atoms with Crippen LogP contribution >= 0.6 is 34.7 Å². The summed E-state index contributed by atoms with van der Waals surface area (Å²) in [6.07, 6.45) is 0. The number of rotatable bonds is 8. The van der Waals surface area contributed by atoms with Gasteiger partial charge in [-0.3, -0.25) is 19.7 Å². The van der Waals surface area contributed by atoms with E-state index in [0.29, 0.717) is 32.8 Å². The first-order chi connectivity index (χ1) is 14.9. The molecule has 10 heteroatoms. The van der Waals surface area contributed by atoms with E-state index in [4.69, 9.17) is 11.6 Å². The molecule has 3 amide bonds. The van der Waals surface area contributed by atoms with Gasteiger partial charge < -0.3 is 10.6 Å². The summed E-state index contributed by atoms with van der Waals surface area (Å²) in [7, 11) is 0. The van der Waals surface area contributed by atoms with Gasteiger partial charge in [-0.05, 0) is 36.4 Å². The molecule has 0 spiro atoms. The molecule has 1 heterocycles. The first kappa shape index (κ1) is 22.8. The highest BCUT2D eigenvalue weighted by atomic mass is 35.5. The van der Waals surface area contributed by atoms with Gasteiger partial charge in [0.15, 0.2) is 5.13 Å². The van der Waals surface area contributed by atoms with E-state index in [-0.39, 0.29) is 23.5 Å². The molecule has 31 heavy (non-hydrogen) atoms. The Labute approximate surface area is 192 Å². The Morgan fingerprint density at radius 1 is 1.00 bits per heavy atom. The third kappa shape index (κ3) is 7.09. The zero-order chi connectivity index (χ0) is 22.2. The van der Waals surface area contributed by atoms with Crippen LogP contribution in [0, 0.1) is 0 Å². The van der Waals surface area contributed by atoms with Gasteiger partial charge in [-0.1, -0.05) is 23.7 Å². The first-order valence-corrected chi connectivity index (χ1v) is 11.6. The van der Waals surface area contributed by atoms with Crippen molar-refractivity contribution in [3.8, 4) is 0 Å². The predicted molar refractivity (Wildman–Crippen MR) is 127 cm³/mol. The number of nitrogens with one attached hydrogen (secondary N) is 3. The predicted octanol–water partition coefficient (Wildman–Crippen LogP) is 4.88. The van der Waals surface area contributed by atoms with Gasteiger partial charge in [-0.2, -0.15) is 0 Å². The second-order valence-corrected chi connectivity index (χ2v) is 8.63. The van der Waals surface area contributed by atoms with Gasteiger partial charge in [-0.25, -0.2) is 4.98 Å². The number of anilines is 3. The lowest BCUT2D eigenvalue weighted by molar-refractivity contribution is -0.114. The normalized spacial score (nSPS) is 10.4. The van der Waals surface area contributed by atoms with Crippen molar-refractivity contribution in [3.05, 3.63) is 70.2 Å². The van der Waals surface area contributed by atoms with Crippen molar-refractivity contribution in [1.82, 2.24) is 4.98 Å². The second-order valence-electron chi connectivity index (χ2n) is 6.38. The van der Waals surface area contributed by atoms with E-state index in [0.717, 1.165) is 5.69 Å². The fourth-order valence-electron chi connectivity index (χ4n) is 2.53. The molecule has 0 saturated carbocycles. The Hall–Kier alpha value is -2.88. The van der Waals surface area contributed by atoms with Gasteiger partial charge in [0.05, 0.1) is 22.0 Å². The lowest BCUT2D eigenvalue weighted by Crippen LogP contribution is -2.14. The van der Waals surface area contributed by atoms with Gasteiger partial charge in [0.1, 0.15) is 0 Å². The molecule has 0 fully saturated rings. The van der Waals surface area contributed by atoms with Crippen LogP contribution in [0.5, 0.6) is 0 Å². The quantitative estimate of drug-likeness (QED) is 0.432. The third-order valence-electron chi connectivity index (χ3n) is 3.86. The maximum absolute atomic E-state index is 12.3. The highest BCUT2D eigenvalue weighted by Gasteiger charge is 2.12. The molecule has 0 saturated heterocycles. The molecule has 0 aliphatic rings. The standard InChI is InChI=1S/C21H19ClN4O3S2/c1-13(27)23-14-6-8-15(9-7-14)24-19(28)12-30-10-16-11-31-21(25-16)26-20(29)17-4-2-3-5-18(17)22/h2-9,11H,10,12H2,1H3,(H,23,27)(H,24,28)(H,25,26,29). The maximum Gasteiger partial charge on any atom is 0.258 e. The molecule has 7 nitrogen and oxygen atoms in total. The third-order valence-corrected chi connectivity index (χ3v) is 5.97. The zero-order valence-electron chi connectivity index (χ0n) is 16.5. The summed E-state index contributed by atoms with van der Waals surface area (Å²) >= 11 is 8.77. The largest absolute Gasteiger partial charge is 0.326 e. The van der Waals surface area contributed by atoms with E-state index in [9.17, 15) is 14.4 Å². The van der Waals surface area contributed by atoms with Crippen LogP contribution in [0.2, 0.25) is 5.02 Å². The second kappa shape index (κ2) is 10.9. The van der Waals surface area contributed by atoms with Crippen LogP contribution in [0.15, 0.2) is 53.9 Å². The zero-order valence-corrected chi connectivity index (χ0v) is 18.9. The van der Waals surface area contributed by atoms with E-state index in [1.807, 2.05) is 5.38 Å². The molecule has 2 aromatic carbocycles. The minimum atomic E-state index is -0.317. The van der Waals surface area contributed by atoms with Crippen molar-refractivity contribution >= 4 is 68.9 Å². The molecule has 3 rings (SSSR count). The molecule has 0 aliphatic heterocycles. The molecule has 160 valence electrons. The average molecular weight is 475 g/mol. The minimum Gasteiger partial charge on any atom is -0.326 e. The summed E-state index contributed by atoms with van der Waals surface area (Å²) in [5.74, 6) is 0.184. The average Bonchev–Trinajstić information content (AvgIpc) is 3.16. The van der Waals surface area contributed by atoms with Gasteiger partial charge in [0, 0.05) is 29.4 Å². The van der Waals surface area contributed by atoms with Gasteiger partial charge >= 0.3 is 0 Å². The van der Waals surface area contributed by atoms with Crippen LogP contribution in [0.3, 0.4) is 0 Å². The van der Waals surface area contributed by atoms with Crippen molar-refractivity contribution in [3.63, 3.8) is 0 Å². The Morgan fingerprint density at radius 3 is 2.35 bits per heavy atom. The van der Waals surface area contributed by atoms with Gasteiger partial charge in [-0.15, -0.1) is 23.1 Å². The van der Waals surface area contributed by atoms with Crippen LogP contribution in [0.1, 0.15) is 23.0 Å². The van der Waals surface area contributed by atoms with Crippen molar-refractivity contribution in [1.29, 1.82) is 0 Å². The molecule has 0 bridgehead atoms. The lowest BCUT2D eigenvalue weighted by Gasteiger charge is -2.06. The molecular weight excluding hydrogens is 456 g/mol. The summed E-state index contributed by atoms with van der Waals surface area (Å²) in [6, 6.07) is 13.7.